The van der Waals surface area contributed by atoms with Crippen LogP contribution in [0, 0.1) is 11.3 Å². The van der Waals surface area contributed by atoms with Crippen LogP contribution in [0.1, 0.15) is 5.56 Å². The van der Waals surface area contributed by atoms with E-state index >= 15 is 0 Å². The van der Waals surface area contributed by atoms with Gasteiger partial charge in [-0.2, -0.15) is 5.26 Å². The van der Waals surface area contributed by atoms with E-state index in [1.165, 1.54) is 0 Å². The molecular formula is C10H7BN2. The first-order valence-electron chi connectivity index (χ1n) is 3.97. The minimum absolute atomic E-state index is 0.671. The summed E-state index contributed by atoms with van der Waals surface area (Å²) in [5.41, 5.74) is 2.39. The van der Waals surface area contributed by atoms with Crippen molar-refractivity contribution < 1.29 is 0 Å². The molecule has 0 fully saturated rings. The number of fused-ring (bicyclic) bond motifs is 1. The Labute approximate surface area is 77.8 Å². The van der Waals surface area contributed by atoms with Crippen LogP contribution in [0.2, 0.25) is 0 Å². The maximum atomic E-state index is 8.84. The number of hydrogen-bond donors (Lipinski definition) is 0. The van der Waals surface area contributed by atoms with Crippen molar-refractivity contribution in [2.75, 3.05) is 0 Å². The number of nitrogens with zero attached hydrogens (tertiary/aromatic N) is 2. The maximum absolute atomic E-state index is 8.84. The van der Waals surface area contributed by atoms with E-state index in [1.54, 1.807) is 0 Å². The molecule has 2 rings (SSSR count). The number of nitriles is 1. The van der Waals surface area contributed by atoms with E-state index in [0.717, 1.165) is 10.9 Å². The molecule has 1 aromatic heterocycles. The van der Waals surface area contributed by atoms with Crippen molar-refractivity contribution in [2.45, 2.75) is 0 Å². The zero-order chi connectivity index (χ0) is 9.42. The zero-order valence-corrected chi connectivity index (χ0v) is 7.28. The van der Waals surface area contributed by atoms with E-state index in [9.17, 15) is 0 Å². The molecule has 0 unspecified atom stereocenters. The van der Waals surface area contributed by atoms with Crippen LogP contribution in [0.3, 0.4) is 0 Å². The summed E-state index contributed by atoms with van der Waals surface area (Å²) >= 11 is 0. The summed E-state index contributed by atoms with van der Waals surface area (Å²) in [6.45, 7) is 0. The van der Waals surface area contributed by atoms with Gasteiger partial charge < -0.3 is 4.57 Å². The minimum Gasteiger partial charge on any atom is -0.349 e. The van der Waals surface area contributed by atoms with Crippen molar-refractivity contribution in [3.8, 4) is 6.07 Å². The first kappa shape index (κ1) is 7.94. The van der Waals surface area contributed by atoms with Gasteiger partial charge >= 0.3 is 0 Å². The van der Waals surface area contributed by atoms with Crippen LogP contribution in [-0.4, -0.2) is 12.4 Å². The van der Waals surface area contributed by atoms with Gasteiger partial charge in [-0.1, -0.05) is 17.6 Å². The van der Waals surface area contributed by atoms with Gasteiger partial charge in [-0.25, -0.2) is 0 Å². The molecule has 1 heterocycles. The lowest BCUT2D eigenvalue weighted by Crippen LogP contribution is -1.99. The highest BCUT2D eigenvalue weighted by atomic mass is 14.9. The van der Waals surface area contributed by atoms with Gasteiger partial charge in [-0.3, -0.25) is 0 Å². The Bertz CT molecular complexity index is 505. The largest absolute Gasteiger partial charge is 0.349 e. The average Bonchev–Trinajstić information content (AvgIpc) is 2.42. The second kappa shape index (κ2) is 2.67. The third-order valence-electron chi connectivity index (χ3n) is 2.13. The molecule has 0 N–H and O–H groups in total. The Balaban J connectivity index is 2.91. The predicted molar refractivity (Wildman–Crippen MR) is 53.0 cm³/mol. The van der Waals surface area contributed by atoms with E-state index in [1.807, 2.05) is 36.0 Å². The number of aromatic nitrogens is 1. The number of aryl methyl sites for hydroxylation is 1. The SMILES string of the molecule is [B]c1ccc2c(c1)c(C#N)cn2C. The van der Waals surface area contributed by atoms with Gasteiger partial charge in [0.15, 0.2) is 0 Å². The summed E-state index contributed by atoms with van der Waals surface area (Å²) in [7, 11) is 7.55. The topological polar surface area (TPSA) is 28.7 Å². The second-order valence-corrected chi connectivity index (χ2v) is 3.04. The molecule has 0 saturated heterocycles. The summed E-state index contributed by atoms with van der Waals surface area (Å²) < 4.78 is 1.92. The van der Waals surface area contributed by atoms with Crippen molar-refractivity contribution in [1.29, 1.82) is 5.26 Å². The van der Waals surface area contributed by atoms with Gasteiger partial charge in [0.25, 0.3) is 0 Å². The van der Waals surface area contributed by atoms with Crippen LogP contribution < -0.4 is 5.46 Å². The predicted octanol–water partition coefficient (Wildman–Crippen LogP) is 0.844. The highest BCUT2D eigenvalue weighted by molar-refractivity contribution is 6.33. The van der Waals surface area contributed by atoms with Crippen LogP contribution in [0.5, 0.6) is 0 Å². The van der Waals surface area contributed by atoms with Gasteiger partial charge in [-0.05, 0) is 6.07 Å². The van der Waals surface area contributed by atoms with Crippen molar-refractivity contribution in [1.82, 2.24) is 4.57 Å². The molecule has 2 aromatic rings. The standard InChI is InChI=1S/C10H7BN2/c1-13-6-7(5-12)9-4-8(11)2-3-10(9)13/h2-4,6H,1H3. The van der Waals surface area contributed by atoms with Crippen molar-refractivity contribution >= 4 is 24.2 Å². The quantitative estimate of drug-likeness (QED) is 0.533. The molecule has 0 aliphatic carbocycles. The molecule has 0 saturated carbocycles. The molecule has 60 valence electrons. The summed E-state index contributed by atoms with van der Waals surface area (Å²) in [4.78, 5) is 0. The third kappa shape index (κ3) is 1.11. The van der Waals surface area contributed by atoms with E-state index in [0.29, 0.717) is 11.0 Å². The fourth-order valence-corrected chi connectivity index (χ4v) is 1.50. The van der Waals surface area contributed by atoms with E-state index in [-0.39, 0.29) is 0 Å². The summed E-state index contributed by atoms with van der Waals surface area (Å²) in [5.74, 6) is 0. The number of hydrogen-bond acceptors (Lipinski definition) is 1. The Morgan fingerprint density at radius 3 is 2.92 bits per heavy atom. The number of rotatable bonds is 0. The Morgan fingerprint density at radius 1 is 1.46 bits per heavy atom. The Kier molecular flexibility index (Phi) is 1.63. The zero-order valence-electron chi connectivity index (χ0n) is 7.28. The molecule has 0 bridgehead atoms. The van der Waals surface area contributed by atoms with Crippen LogP contribution in [0.25, 0.3) is 10.9 Å². The normalized spacial score (nSPS) is 10.2. The van der Waals surface area contributed by atoms with E-state index in [2.05, 4.69) is 6.07 Å². The van der Waals surface area contributed by atoms with Crippen LogP contribution in [0.15, 0.2) is 24.4 Å². The highest BCUT2D eigenvalue weighted by Crippen LogP contribution is 2.17. The van der Waals surface area contributed by atoms with Gasteiger partial charge in [0.1, 0.15) is 13.9 Å². The van der Waals surface area contributed by atoms with Crippen molar-refractivity contribution in [3.05, 3.63) is 30.0 Å². The summed E-state index contributed by atoms with van der Waals surface area (Å²) in [5, 5.41) is 9.76. The fourth-order valence-electron chi connectivity index (χ4n) is 1.50. The lowest BCUT2D eigenvalue weighted by Gasteiger charge is -1.96. The van der Waals surface area contributed by atoms with Crippen LogP contribution >= 0.6 is 0 Å². The number of benzene rings is 1. The molecule has 0 aliphatic rings. The minimum atomic E-state index is 0.671. The van der Waals surface area contributed by atoms with Gasteiger partial charge in [0.05, 0.1) is 5.56 Å². The molecule has 2 nitrogen and oxygen atoms in total. The second-order valence-electron chi connectivity index (χ2n) is 3.04. The van der Waals surface area contributed by atoms with Crippen LogP contribution in [0.4, 0.5) is 0 Å². The molecule has 0 aliphatic heterocycles. The van der Waals surface area contributed by atoms with Gasteiger partial charge in [0, 0.05) is 24.1 Å². The van der Waals surface area contributed by atoms with Crippen LogP contribution in [-0.2, 0) is 7.05 Å². The molecule has 3 heteroatoms. The Hall–Kier alpha value is -1.69. The molecule has 0 amide bonds. The smallest absolute Gasteiger partial charge is 0.113 e. The summed E-state index contributed by atoms with van der Waals surface area (Å²) in [6.07, 6.45) is 1.81. The molecule has 2 radical (unpaired) electrons. The molecule has 1 aromatic carbocycles. The molecule has 13 heavy (non-hydrogen) atoms. The first-order chi connectivity index (χ1) is 6.22. The first-order valence-corrected chi connectivity index (χ1v) is 3.97. The van der Waals surface area contributed by atoms with Crippen molar-refractivity contribution in [3.63, 3.8) is 0 Å². The Morgan fingerprint density at radius 2 is 2.23 bits per heavy atom. The lowest BCUT2D eigenvalue weighted by atomic mass is 9.94. The average molecular weight is 166 g/mol. The molecular weight excluding hydrogens is 159 g/mol. The summed E-state index contributed by atoms with van der Waals surface area (Å²) in [6, 6.07) is 7.73. The van der Waals surface area contributed by atoms with E-state index < -0.39 is 0 Å². The van der Waals surface area contributed by atoms with Gasteiger partial charge in [-0.15, -0.1) is 0 Å². The fraction of sp³-hybridized carbons (Fsp3) is 0.100. The highest BCUT2D eigenvalue weighted by Gasteiger charge is 2.04. The third-order valence-corrected chi connectivity index (χ3v) is 2.13. The molecule has 0 atom stereocenters. The van der Waals surface area contributed by atoms with Crippen molar-refractivity contribution in [2.24, 2.45) is 7.05 Å². The lowest BCUT2D eigenvalue weighted by molar-refractivity contribution is 0.967. The van der Waals surface area contributed by atoms with E-state index in [4.69, 9.17) is 13.1 Å². The maximum Gasteiger partial charge on any atom is 0.113 e. The van der Waals surface area contributed by atoms with Gasteiger partial charge in [0.2, 0.25) is 0 Å². The molecule has 0 spiro atoms. The monoisotopic (exact) mass is 166 g/mol.